The fraction of sp³-hybridized carbons (Fsp3) is 0.296. The molecule has 1 unspecified atom stereocenters. The summed E-state index contributed by atoms with van der Waals surface area (Å²) in [4.78, 5) is 11.1. The lowest BCUT2D eigenvalue weighted by atomic mass is 10.0. The number of aromatic carboxylic acids is 1. The fourth-order valence-corrected chi connectivity index (χ4v) is 4.00. The predicted molar refractivity (Wildman–Crippen MR) is 132 cm³/mol. The van der Waals surface area contributed by atoms with Gasteiger partial charge in [-0.1, -0.05) is 36.7 Å². The molecule has 0 saturated carbocycles. The van der Waals surface area contributed by atoms with Crippen LogP contribution in [0.5, 0.6) is 23.0 Å². The number of hydrogen-bond donors (Lipinski definition) is 2. The van der Waals surface area contributed by atoms with Gasteiger partial charge in [0.05, 0.1) is 17.2 Å². The SMILES string of the molecule is C[C@@H](CNCC1CCc2cc(Oc3ccc(C(=O)O)cc3Cl)ccc2O1)COc1ccccc1. The van der Waals surface area contributed by atoms with Crippen LogP contribution in [0.15, 0.2) is 66.7 Å². The number of fused-ring (bicyclic) bond motifs is 1. The van der Waals surface area contributed by atoms with Crippen molar-refractivity contribution < 1.29 is 24.1 Å². The average Bonchev–Trinajstić information content (AvgIpc) is 2.84. The van der Waals surface area contributed by atoms with E-state index >= 15 is 0 Å². The van der Waals surface area contributed by atoms with Crippen LogP contribution in [-0.4, -0.2) is 36.9 Å². The Morgan fingerprint density at radius 3 is 2.74 bits per heavy atom. The van der Waals surface area contributed by atoms with Gasteiger partial charge in [-0.3, -0.25) is 0 Å². The third kappa shape index (κ3) is 6.43. The predicted octanol–water partition coefficient (Wildman–Crippen LogP) is 5.83. The van der Waals surface area contributed by atoms with Crippen LogP contribution in [0.1, 0.15) is 29.3 Å². The zero-order valence-corrected chi connectivity index (χ0v) is 19.8. The normalized spacial score (nSPS) is 15.6. The molecule has 3 aromatic carbocycles. The monoisotopic (exact) mass is 481 g/mol. The Morgan fingerprint density at radius 2 is 1.97 bits per heavy atom. The van der Waals surface area contributed by atoms with Crippen molar-refractivity contribution >= 4 is 17.6 Å². The number of para-hydroxylation sites is 1. The molecular formula is C27H28ClNO5. The Hall–Kier alpha value is -3.22. The van der Waals surface area contributed by atoms with E-state index in [1.165, 1.54) is 12.1 Å². The number of carboxylic acid groups (broad SMARTS) is 1. The number of carboxylic acids is 1. The molecule has 0 bridgehead atoms. The lowest BCUT2D eigenvalue weighted by Crippen LogP contribution is -2.36. The van der Waals surface area contributed by atoms with Gasteiger partial charge in [0.2, 0.25) is 0 Å². The van der Waals surface area contributed by atoms with Crippen LogP contribution < -0.4 is 19.5 Å². The maximum atomic E-state index is 11.1. The molecule has 7 heteroatoms. The molecule has 178 valence electrons. The molecule has 0 radical (unpaired) electrons. The first-order valence-corrected chi connectivity index (χ1v) is 11.7. The highest BCUT2D eigenvalue weighted by Gasteiger charge is 2.20. The Balaban J connectivity index is 1.24. The van der Waals surface area contributed by atoms with Gasteiger partial charge in [0.1, 0.15) is 29.1 Å². The number of hydrogen-bond acceptors (Lipinski definition) is 5. The van der Waals surface area contributed by atoms with E-state index in [0.29, 0.717) is 24.0 Å². The largest absolute Gasteiger partial charge is 0.493 e. The smallest absolute Gasteiger partial charge is 0.335 e. The molecule has 0 fully saturated rings. The van der Waals surface area contributed by atoms with Crippen LogP contribution in [0.25, 0.3) is 0 Å². The van der Waals surface area contributed by atoms with Gasteiger partial charge in [0, 0.05) is 19.0 Å². The van der Waals surface area contributed by atoms with Crippen LogP contribution in [-0.2, 0) is 6.42 Å². The second kappa shape index (κ2) is 11.3. The maximum absolute atomic E-state index is 11.1. The molecule has 0 spiro atoms. The van der Waals surface area contributed by atoms with Crippen LogP contribution in [0, 0.1) is 5.92 Å². The van der Waals surface area contributed by atoms with E-state index < -0.39 is 5.97 Å². The topological polar surface area (TPSA) is 77.0 Å². The molecule has 0 saturated heterocycles. The minimum absolute atomic E-state index is 0.111. The summed E-state index contributed by atoms with van der Waals surface area (Å²) in [5.41, 5.74) is 1.20. The van der Waals surface area contributed by atoms with Crippen molar-refractivity contribution in [2.45, 2.75) is 25.9 Å². The minimum atomic E-state index is -1.03. The molecule has 1 heterocycles. The Kier molecular flexibility index (Phi) is 7.93. The Morgan fingerprint density at radius 1 is 1.15 bits per heavy atom. The van der Waals surface area contributed by atoms with Gasteiger partial charge in [-0.05, 0) is 66.9 Å². The number of ether oxygens (including phenoxy) is 3. The van der Waals surface area contributed by atoms with Crippen LogP contribution in [0.3, 0.4) is 0 Å². The maximum Gasteiger partial charge on any atom is 0.335 e. The second-order valence-electron chi connectivity index (χ2n) is 8.49. The van der Waals surface area contributed by atoms with Gasteiger partial charge in [0.15, 0.2) is 0 Å². The molecule has 0 aromatic heterocycles. The van der Waals surface area contributed by atoms with E-state index in [-0.39, 0.29) is 16.7 Å². The van der Waals surface area contributed by atoms with Crippen LogP contribution >= 0.6 is 11.6 Å². The first kappa shape index (κ1) is 23.9. The summed E-state index contributed by atoms with van der Waals surface area (Å²) in [6, 6.07) is 20.0. The van der Waals surface area contributed by atoms with E-state index in [2.05, 4.69) is 12.2 Å². The molecule has 0 aliphatic carbocycles. The first-order chi connectivity index (χ1) is 16.5. The quantitative estimate of drug-likeness (QED) is 0.379. The van der Waals surface area contributed by atoms with Crippen LogP contribution in [0.4, 0.5) is 0 Å². The highest BCUT2D eigenvalue weighted by Crippen LogP contribution is 2.35. The average molecular weight is 482 g/mol. The van der Waals surface area contributed by atoms with Crippen molar-refractivity contribution in [3.8, 4) is 23.0 Å². The van der Waals surface area contributed by atoms with Crippen molar-refractivity contribution in [3.63, 3.8) is 0 Å². The lowest BCUT2D eigenvalue weighted by Gasteiger charge is -2.27. The van der Waals surface area contributed by atoms with Crippen molar-refractivity contribution in [2.24, 2.45) is 5.92 Å². The lowest BCUT2D eigenvalue weighted by molar-refractivity contribution is 0.0697. The summed E-state index contributed by atoms with van der Waals surface area (Å²) in [6.45, 7) is 4.46. The van der Waals surface area contributed by atoms with E-state index in [0.717, 1.165) is 43.0 Å². The minimum Gasteiger partial charge on any atom is -0.493 e. The Bertz CT molecular complexity index is 1120. The summed E-state index contributed by atoms with van der Waals surface area (Å²) in [5, 5.41) is 12.8. The summed E-state index contributed by atoms with van der Waals surface area (Å²) in [6.07, 6.45) is 1.91. The standard InChI is InChI=1S/C27H28ClNO5/c1-18(17-32-21-5-3-2-4-6-21)15-29-16-23-9-7-19-13-22(10-12-25(19)34-23)33-26-11-8-20(27(30)31)14-24(26)28/h2-6,8,10-14,18,23,29H,7,9,15-17H2,1H3,(H,30,31)/t18-,23?/m0/s1. The van der Waals surface area contributed by atoms with Gasteiger partial charge in [-0.25, -0.2) is 4.79 Å². The second-order valence-corrected chi connectivity index (χ2v) is 8.90. The molecule has 34 heavy (non-hydrogen) atoms. The van der Waals surface area contributed by atoms with Crippen molar-refractivity contribution in [2.75, 3.05) is 19.7 Å². The highest BCUT2D eigenvalue weighted by atomic mass is 35.5. The molecule has 0 amide bonds. The summed E-state index contributed by atoms with van der Waals surface area (Å²) in [5.74, 6) is 2.15. The third-order valence-electron chi connectivity index (χ3n) is 5.61. The molecule has 1 aliphatic heterocycles. The molecule has 2 N–H and O–H groups in total. The van der Waals surface area contributed by atoms with Crippen molar-refractivity contribution in [1.82, 2.24) is 5.32 Å². The number of nitrogens with one attached hydrogen (secondary N) is 1. The van der Waals surface area contributed by atoms with Gasteiger partial charge < -0.3 is 24.6 Å². The molecule has 2 atom stereocenters. The first-order valence-electron chi connectivity index (χ1n) is 11.4. The molecular weight excluding hydrogens is 454 g/mol. The summed E-state index contributed by atoms with van der Waals surface area (Å²) < 4.78 is 17.9. The van der Waals surface area contributed by atoms with Gasteiger partial charge in [-0.15, -0.1) is 0 Å². The van der Waals surface area contributed by atoms with Gasteiger partial charge in [-0.2, -0.15) is 0 Å². The number of benzene rings is 3. The molecule has 6 nitrogen and oxygen atoms in total. The number of halogens is 1. The summed E-state index contributed by atoms with van der Waals surface area (Å²) in [7, 11) is 0. The number of rotatable bonds is 10. The molecule has 4 rings (SSSR count). The molecule has 1 aliphatic rings. The number of carbonyl (C=O) groups is 1. The van der Waals surface area contributed by atoms with E-state index in [1.54, 1.807) is 6.07 Å². The van der Waals surface area contributed by atoms with E-state index in [9.17, 15) is 4.79 Å². The fourth-order valence-electron chi connectivity index (χ4n) is 3.78. The highest BCUT2D eigenvalue weighted by molar-refractivity contribution is 6.32. The van der Waals surface area contributed by atoms with Gasteiger partial charge in [0.25, 0.3) is 0 Å². The van der Waals surface area contributed by atoms with E-state index in [4.69, 9.17) is 30.9 Å². The third-order valence-corrected chi connectivity index (χ3v) is 5.91. The van der Waals surface area contributed by atoms with Crippen molar-refractivity contribution in [3.05, 3.63) is 82.9 Å². The van der Waals surface area contributed by atoms with Crippen molar-refractivity contribution in [1.29, 1.82) is 0 Å². The Labute approximate surface area is 204 Å². The zero-order chi connectivity index (χ0) is 23.9. The van der Waals surface area contributed by atoms with Crippen LogP contribution in [0.2, 0.25) is 5.02 Å². The van der Waals surface area contributed by atoms with E-state index in [1.807, 2.05) is 48.5 Å². The van der Waals surface area contributed by atoms with Gasteiger partial charge >= 0.3 is 5.97 Å². The molecule has 3 aromatic rings. The zero-order valence-electron chi connectivity index (χ0n) is 19.0. The number of aryl methyl sites for hydroxylation is 1. The summed E-state index contributed by atoms with van der Waals surface area (Å²) >= 11 is 6.18.